The zero-order valence-corrected chi connectivity index (χ0v) is 12.3. The maximum absolute atomic E-state index is 5.86. The van der Waals surface area contributed by atoms with Gasteiger partial charge in [0.15, 0.2) is 0 Å². The quantitative estimate of drug-likeness (QED) is 0.778. The maximum atomic E-state index is 5.86. The van der Waals surface area contributed by atoms with Crippen molar-refractivity contribution in [3.8, 4) is 5.75 Å². The van der Waals surface area contributed by atoms with E-state index in [1.54, 1.807) is 11.3 Å². The molecule has 0 amide bonds. The van der Waals surface area contributed by atoms with Crippen LogP contribution >= 0.6 is 11.3 Å². The molecule has 0 saturated carbocycles. The first-order valence-electron chi connectivity index (χ1n) is 6.72. The maximum Gasteiger partial charge on any atom is 0.122 e. The number of hydrogen-bond donors (Lipinski definition) is 1. The van der Waals surface area contributed by atoms with E-state index in [0.29, 0.717) is 6.61 Å². The molecule has 3 rings (SSSR count). The standard InChI is InChI=1S/C16H18N2OS/c1-12(17)10-18-7-6-13-9-14(4-5-16(13)18)19-11-15-3-2-8-20-15/h2-9,12H,10-11,17H2,1H3. The van der Waals surface area contributed by atoms with Crippen LogP contribution in [-0.2, 0) is 13.2 Å². The van der Waals surface area contributed by atoms with Gasteiger partial charge in [-0.15, -0.1) is 11.3 Å². The van der Waals surface area contributed by atoms with Gasteiger partial charge in [-0.05, 0) is 42.6 Å². The van der Waals surface area contributed by atoms with Gasteiger partial charge in [-0.2, -0.15) is 0 Å². The van der Waals surface area contributed by atoms with Crippen LogP contribution in [0.1, 0.15) is 11.8 Å². The number of rotatable bonds is 5. The molecule has 0 radical (unpaired) electrons. The highest BCUT2D eigenvalue weighted by Crippen LogP contribution is 2.23. The first-order chi connectivity index (χ1) is 9.72. The summed E-state index contributed by atoms with van der Waals surface area (Å²) < 4.78 is 8.01. The van der Waals surface area contributed by atoms with Crippen molar-refractivity contribution in [3.05, 3.63) is 52.9 Å². The van der Waals surface area contributed by atoms with Crippen molar-refractivity contribution >= 4 is 22.2 Å². The number of aromatic nitrogens is 1. The van der Waals surface area contributed by atoms with E-state index >= 15 is 0 Å². The molecule has 0 aliphatic rings. The Morgan fingerprint density at radius 1 is 1.30 bits per heavy atom. The Morgan fingerprint density at radius 2 is 2.20 bits per heavy atom. The topological polar surface area (TPSA) is 40.2 Å². The zero-order valence-electron chi connectivity index (χ0n) is 11.5. The summed E-state index contributed by atoms with van der Waals surface area (Å²) in [6.07, 6.45) is 2.08. The molecule has 3 aromatic rings. The Bertz CT molecular complexity index is 686. The van der Waals surface area contributed by atoms with Gasteiger partial charge in [0.05, 0.1) is 0 Å². The van der Waals surface area contributed by atoms with Crippen molar-refractivity contribution in [2.24, 2.45) is 5.73 Å². The number of nitrogens with zero attached hydrogens (tertiary/aromatic N) is 1. The van der Waals surface area contributed by atoms with Gasteiger partial charge in [-0.3, -0.25) is 0 Å². The highest BCUT2D eigenvalue weighted by atomic mass is 32.1. The predicted molar refractivity (Wildman–Crippen MR) is 84.2 cm³/mol. The van der Waals surface area contributed by atoms with Crippen molar-refractivity contribution in [3.63, 3.8) is 0 Å². The van der Waals surface area contributed by atoms with E-state index in [4.69, 9.17) is 10.5 Å². The first-order valence-corrected chi connectivity index (χ1v) is 7.60. The normalized spacial score (nSPS) is 12.7. The fourth-order valence-electron chi connectivity index (χ4n) is 2.29. The number of ether oxygens (including phenoxy) is 1. The number of thiophene rings is 1. The minimum Gasteiger partial charge on any atom is -0.488 e. The largest absolute Gasteiger partial charge is 0.488 e. The summed E-state index contributed by atoms with van der Waals surface area (Å²) >= 11 is 1.71. The third-order valence-corrected chi connectivity index (χ3v) is 4.04. The molecule has 2 heterocycles. The second-order valence-electron chi connectivity index (χ2n) is 5.03. The monoisotopic (exact) mass is 286 g/mol. The third kappa shape index (κ3) is 2.86. The van der Waals surface area contributed by atoms with Crippen LogP contribution in [-0.4, -0.2) is 10.6 Å². The van der Waals surface area contributed by atoms with Gasteiger partial charge in [0.2, 0.25) is 0 Å². The molecule has 1 aromatic carbocycles. The van der Waals surface area contributed by atoms with E-state index in [2.05, 4.69) is 40.4 Å². The average Bonchev–Trinajstić information content (AvgIpc) is 3.06. The van der Waals surface area contributed by atoms with Crippen LogP contribution in [0.4, 0.5) is 0 Å². The molecule has 104 valence electrons. The van der Waals surface area contributed by atoms with Gasteiger partial charge in [0, 0.05) is 34.6 Å². The van der Waals surface area contributed by atoms with E-state index in [-0.39, 0.29) is 6.04 Å². The molecule has 2 aromatic heterocycles. The minimum absolute atomic E-state index is 0.153. The van der Waals surface area contributed by atoms with Crippen LogP contribution in [0.2, 0.25) is 0 Å². The molecule has 0 spiro atoms. The van der Waals surface area contributed by atoms with Crippen LogP contribution in [0, 0.1) is 0 Å². The third-order valence-electron chi connectivity index (χ3n) is 3.19. The van der Waals surface area contributed by atoms with Crippen LogP contribution in [0.15, 0.2) is 48.0 Å². The summed E-state index contributed by atoms with van der Waals surface area (Å²) in [7, 11) is 0. The van der Waals surface area contributed by atoms with Gasteiger partial charge in [-0.1, -0.05) is 6.07 Å². The highest BCUT2D eigenvalue weighted by Gasteiger charge is 2.05. The van der Waals surface area contributed by atoms with E-state index in [0.717, 1.165) is 12.3 Å². The lowest BCUT2D eigenvalue weighted by Crippen LogP contribution is -2.21. The van der Waals surface area contributed by atoms with Crippen molar-refractivity contribution < 1.29 is 4.74 Å². The molecule has 3 nitrogen and oxygen atoms in total. The SMILES string of the molecule is CC(N)Cn1ccc2cc(OCc3cccs3)ccc21. The molecule has 0 bridgehead atoms. The van der Waals surface area contributed by atoms with E-state index < -0.39 is 0 Å². The summed E-state index contributed by atoms with van der Waals surface area (Å²) in [5.41, 5.74) is 7.06. The molecular formula is C16H18N2OS. The molecule has 1 atom stereocenters. The van der Waals surface area contributed by atoms with E-state index in [9.17, 15) is 0 Å². The summed E-state index contributed by atoms with van der Waals surface area (Å²) in [4.78, 5) is 1.24. The van der Waals surface area contributed by atoms with Crippen LogP contribution in [0.3, 0.4) is 0 Å². The molecule has 0 aliphatic carbocycles. The van der Waals surface area contributed by atoms with E-state index in [1.807, 2.05) is 19.1 Å². The summed E-state index contributed by atoms with van der Waals surface area (Å²) in [5, 5.41) is 3.25. The zero-order chi connectivity index (χ0) is 13.9. The smallest absolute Gasteiger partial charge is 0.122 e. The average molecular weight is 286 g/mol. The minimum atomic E-state index is 0.153. The van der Waals surface area contributed by atoms with Gasteiger partial charge in [0.25, 0.3) is 0 Å². The van der Waals surface area contributed by atoms with Gasteiger partial charge in [-0.25, -0.2) is 0 Å². The number of hydrogen-bond acceptors (Lipinski definition) is 3. The van der Waals surface area contributed by atoms with Crippen molar-refractivity contribution in [2.45, 2.75) is 26.1 Å². The van der Waals surface area contributed by atoms with Gasteiger partial charge < -0.3 is 15.0 Å². The highest BCUT2D eigenvalue weighted by molar-refractivity contribution is 7.09. The molecule has 20 heavy (non-hydrogen) atoms. The Kier molecular flexibility index (Phi) is 3.76. The van der Waals surface area contributed by atoms with Gasteiger partial charge >= 0.3 is 0 Å². The Balaban J connectivity index is 1.77. The van der Waals surface area contributed by atoms with Crippen molar-refractivity contribution in [2.75, 3.05) is 0 Å². The number of fused-ring (bicyclic) bond motifs is 1. The fourth-order valence-corrected chi connectivity index (χ4v) is 2.90. The Morgan fingerprint density at radius 3 is 2.95 bits per heavy atom. The van der Waals surface area contributed by atoms with Crippen LogP contribution in [0.5, 0.6) is 5.75 Å². The molecule has 0 aliphatic heterocycles. The molecule has 4 heteroatoms. The predicted octanol–water partition coefficient (Wildman–Crippen LogP) is 3.63. The molecule has 0 saturated heterocycles. The second kappa shape index (κ2) is 5.69. The molecule has 2 N–H and O–H groups in total. The van der Waals surface area contributed by atoms with Crippen molar-refractivity contribution in [1.82, 2.24) is 4.57 Å². The fraction of sp³-hybridized carbons (Fsp3) is 0.250. The second-order valence-corrected chi connectivity index (χ2v) is 6.07. The van der Waals surface area contributed by atoms with Crippen LogP contribution in [0.25, 0.3) is 10.9 Å². The molecular weight excluding hydrogens is 268 g/mol. The lowest BCUT2D eigenvalue weighted by atomic mass is 10.2. The summed E-state index contributed by atoms with van der Waals surface area (Å²) in [5.74, 6) is 0.907. The molecule has 1 unspecified atom stereocenters. The summed E-state index contributed by atoms with van der Waals surface area (Å²) in [6, 6.07) is 12.6. The number of benzene rings is 1. The van der Waals surface area contributed by atoms with Crippen LogP contribution < -0.4 is 10.5 Å². The first kappa shape index (κ1) is 13.2. The Labute approximate surface area is 122 Å². The van der Waals surface area contributed by atoms with Gasteiger partial charge in [0.1, 0.15) is 12.4 Å². The summed E-state index contributed by atoms with van der Waals surface area (Å²) in [6.45, 7) is 3.48. The Hall–Kier alpha value is -1.78. The van der Waals surface area contributed by atoms with E-state index in [1.165, 1.54) is 15.8 Å². The lowest BCUT2D eigenvalue weighted by Gasteiger charge is -2.09. The lowest BCUT2D eigenvalue weighted by molar-refractivity contribution is 0.310. The molecule has 0 fully saturated rings. The number of nitrogens with two attached hydrogens (primary N) is 1. The van der Waals surface area contributed by atoms with Crippen molar-refractivity contribution in [1.29, 1.82) is 0 Å².